The van der Waals surface area contributed by atoms with Crippen LogP contribution in [0.15, 0.2) is 24.4 Å². The normalized spacial score (nSPS) is 18.3. The van der Waals surface area contributed by atoms with E-state index in [1.165, 1.54) is 6.07 Å². The van der Waals surface area contributed by atoms with Crippen molar-refractivity contribution in [2.75, 3.05) is 24.6 Å². The Morgan fingerprint density at radius 1 is 1.24 bits per heavy atom. The third-order valence-electron chi connectivity index (χ3n) is 5.96. The van der Waals surface area contributed by atoms with Gasteiger partial charge in [-0.05, 0) is 36.5 Å². The zero-order valence-electron chi connectivity index (χ0n) is 17.3. The second-order valence-corrected chi connectivity index (χ2v) is 8.80. The summed E-state index contributed by atoms with van der Waals surface area (Å²) < 4.78 is 74.5. The van der Waals surface area contributed by atoms with Crippen molar-refractivity contribution >= 4 is 23.4 Å². The first-order chi connectivity index (χ1) is 15.5. The predicted octanol–water partition coefficient (Wildman–Crippen LogP) is 5.86. The largest absolute Gasteiger partial charge is 0.490 e. The first-order valence-electron chi connectivity index (χ1n) is 10.3. The number of anilines is 1. The summed E-state index contributed by atoms with van der Waals surface area (Å²) in [5.74, 6) is -2.13. The second-order valence-electron chi connectivity index (χ2n) is 8.40. The summed E-state index contributed by atoms with van der Waals surface area (Å²) in [7, 11) is 0. The number of ether oxygens (including phenoxy) is 1. The van der Waals surface area contributed by atoms with Crippen LogP contribution in [-0.4, -0.2) is 41.4 Å². The molecule has 2 fully saturated rings. The molecule has 0 atom stereocenters. The van der Waals surface area contributed by atoms with Gasteiger partial charge in [0.25, 0.3) is 0 Å². The molecule has 1 aliphatic carbocycles. The number of aromatic nitrogens is 1. The fraction of sp³-hybridized carbons (Fsp3) is 0.455. The van der Waals surface area contributed by atoms with Crippen molar-refractivity contribution in [1.29, 1.82) is 0 Å². The van der Waals surface area contributed by atoms with Crippen LogP contribution in [0.4, 0.5) is 27.8 Å². The van der Waals surface area contributed by atoms with Gasteiger partial charge in [0.15, 0.2) is 0 Å². The molecule has 2 heterocycles. The van der Waals surface area contributed by atoms with Crippen molar-refractivity contribution in [3.05, 3.63) is 51.9 Å². The van der Waals surface area contributed by atoms with E-state index in [0.717, 1.165) is 31.2 Å². The first kappa shape index (κ1) is 23.5. The number of halogens is 6. The number of rotatable bonds is 6. The minimum absolute atomic E-state index is 0.0346. The molecule has 0 spiro atoms. The van der Waals surface area contributed by atoms with Gasteiger partial charge < -0.3 is 14.7 Å². The van der Waals surface area contributed by atoms with Gasteiger partial charge in [-0.15, -0.1) is 0 Å². The molecule has 5 nitrogen and oxygen atoms in total. The summed E-state index contributed by atoms with van der Waals surface area (Å²) in [5, 5.41) is 8.62. The number of nitrogens with zero attached hydrogens (tertiary/aromatic N) is 2. The van der Waals surface area contributed by atoms with Crippen molar-refractivity contribution in [2.45, 2.75) is 43.4 Å². The van der Waals surface area contributed by atoms with Gasteiger partial charge in [-0.25, -0.2) is 18.6 Å². The average molecular weight is 491 g/mol. The zero-order chi connectivity index (χ0) is 24.0. The van der Waals surface area contributed by atoms with E-state index in [4.69, 9.17) is 21.4 Å². The number of aromatic carboxylic acids is 1. The summed E-state index contributed by atoms with van der Waals surface area (Å²) in [6, 6.07) is 3.06. The van der Waals surface area contributed by atoms with Gasteiger partial charge in [-0.2, -0.15) is 13.2 Å². The van der Waals surface area contributed by atoms with Crippen molar-refractivity contribution in [3.8, 4) is 5.75 Å². The molecule has 11 heteroatoms. The molecule has 33 heavy (non-hydrogen) atoms. The van der Waals surface area contributed by atoms with Crippen molar-refractivity contribution in [2.24, 2.45) is 0 Å². The lowest BCUT2D eigenvalue weighted by Crippen LogP contribution is -2.45. The predicted molar refractivity (Wildman–Crippen MR) is 110 cm³/mol. The Morgan fingerprint density at radius 3 is 2.48 bits per heavy atom. The number of alkyl halides is 4. The Bertz CT molecular complexity index is 1070. The van der Waals surface area contributed by atoms with Gasteiger partial charge in [0, 0.05) is 38.2 Å². The molecule has 2 aliphatic rings. The van der Waals surface area contributed by atoms with Gasteiger partial charge in [0.05, 0.1) is 16.1 Å². The lowest BCUT2D eigenvalue weighted by molar-refractivity contribution is -0.137. The van der Waals surface area contributed by atoms with Crippen molar-refractivity contribution < 1.29 is 36.6 Å². The highest BCUT2D eigenvalue weighted by Crippen LogP contribution is 2.45. The van der Waals surface area contributed by atoms with Gasteiger partial charge >= 0.3 is 12.1 Å². The highest BCUT2D eigenvalue weighted by Gasteiger charge is 2.38. The summed E-state index contributed by atoms with van der Waals surface area (Å²) in [6.45, 7) is -0.171. The fourth-order valence-electron chi connectivity index (χ4n) is 3.88. The number of carboxylic acid groups (broad SMARTS) is 1. The Labute approximate surface area is 191 Å². The maximum atomic E-state index is 15.4. The van der Waals surface area contributed by atoms with E-state index in [1.54, 1.807) is 4.90 Å². The molecule has 1 N–H and O–H groups in total. The number of pyridine rings is 1. The molecular formula is C22H20ClF5N2O3. The quantitative estimate of drug-likeness (QED) is 0.514. The number of hydrogen-bond acceptors (Lipinski definition) is 4. The lowest BCUT2D eigenvalue weighted by atomic mass is 9.94. The van der Waals surface area contributed by atoms with Gasteiger partial charge in [-0.3, -0.25) is 0 Å². The molecular weight excluding hydrogens is 471 g/mol. The number of carbonyl (C=O) groups is 1. The highest BCUT2D eigenvalue weighted by atomic mass is 35.5. The Hall–Kier alpha value is -2.62. The van der Waals surface area contributed by atoms with Crippen LogP contribution in [0, 0.1) is 5.82 Å². The molecule has 178 valence electrons. The van der Waals surface area contributed by atoms with Crippen LogP contribution in [0.2, 0.25) is 5.02 Å². The summed E-state index contributed by atoms with van der Waals surface area (Å²) in [5.41, 5.74) is -2.70. The topological polar surface area (TPSA) is 62.7 Å². The highest BCUT2D eigenvalue weighted by molar-refractivity contribution is 6.31. The number of hydrogen-bond donors (Lipinski definition) is 1. The molecule has 0 amide bonds. The molecule has 4 rings (SSSR count). The van der Waals surface area contributed by atoms with E-state index in [1.807, 2.05) is 0 Å². The molecule has 1 saturated heterocycles. The average Bonchev–Trinajstić information content (AvgIpc) is 3.57. The number of piperidine rings is 1. The second kappa shape index (κ2) is 8.62. The third-order valence-corrected chi connectivity index (χ3v) is 6.26. The Kier molecular flexibility index (Phi) is 6.15. The Morgan fingerprint density at radius 2 is 1.91 bits per heavy atom. The number of benzene rings is 1. The molecule has 0 unspecified atom stereocenters. The van der Waals surface area contributed by atoms with E-state index < -0.39 is 39.8 Å². The third kappa shape index (κ3) is 5.15. The van der Waals surface area contributed by atoms with E-state index in [9.17, 15) is 22.4 Å². The summed E-state index contributed by atoms with van der Waals surface area (Å²) in [4.78, 5) is 16.7. The van der Waals surface area contributed by atoms with Crippen LogP contribution in [0.1, 0.15) is 53.1 Å². The molecule has 1 aromatic carbocycles. The monoisotopic (exact) mass is 490 g/mol. The van der Waals surface area contributed by atoms with Gasteiger partial charge in [-0.1, -0.05) is 11.6 Å². The maximum absolute atomic E-state index is 15.4. The van der Waals surface area contributed by atoms with Crippen LogP contribution >= 0.6 is 11.6 Å². The van der Waals surface area contributed by atoms with Crippen LogP contribution in [0.25, 0.3) is 0 Å². The zero-order valence-corrected chi connectivity index (χ0v) is 18.0. The van der Waals surface area contributed by atoms with Crippen LogP contribution < -0.4 is 9.64 Å². The number of carboxylic acids is 1. The molecule has 2 aromatic rings. The van der Waals surface area contributed by atoms with Crippen molar-refractivity contribution in [1.82, 2.24) is 4.98 Å². The van der Waals surface area contributed by atoms with Crippen LogP contribution in [-0.2, 0) is 6.18 Å². The summed E-state index contributed by atoms with van der Waals surface area (Å²) >= 11 is 5.61. The molecule has 0 bridgehead atoms. The first-order valence-corrected chi connectivity index (χ1v) is 10.7. The maximum Gasteiger partial charge on any atom is 0.418 e. The SMILES string of the molecule is O=C(O)c1cc(C2CC2)c(OCC2(F)CCN(c3cc(C(F)(F)F)c(Cl)cn3)CC2)cc1F. The van der Waals surface area contributed by atoms with Crippen LogP contribution in [0.5, 0.6) is 5.75 Å². The molecule has 1 saturated carbocycles. The molecule has 1 aromatic heterocycles. The Balaban J connectivity index is 1.43. The fourth-order valence-corrected chi connectivity index (χ4v) is 4.09. The standard InChI is InChI=1S/C22H20ClF5N2O3/c23-16-10-29-19(8-15(16)22(26,27)28)30-5-3-21(25,4-6-30)11-33-18-9-17(24)14(20(31)32)7-13(18)12-1-2-12/h7-10,12H,1-6,11H2,(H,31,32). The smallest absolute Gasteiger partial charge is 0.418 e. The van der Waals surface area contributed by atoms with E-state index >= 15 is 4.39 Å². The van der Waals surface area contributed by atoms with E-state index in [-0.39, 0.29) is 50.0 Å². The van der Waals surface area contributed by atoms with Crippen LogP contribution in [0.3, 0.4) is 0 Å². The van der Waals surface area contributed by atoms with E-state index in [0.29, 0.717) is 5.56 Å². The minimum Gasteiger partial charge on any atom is -0.490 e. The van der Waals surface area contributed by atoms with Gasteiger partial charge in [0.2, 0.25) is 0 Å². The van der Waals surface area contributed by atoms with E-state index in [2.05, 4.69) is 4.98 Å². The summed E-state index contributed by atoms with van der Waals surface area (Å²) in [6.07, 6.45) is -2.16. The molecule has 0 radical (unpaired) electrons. The van der Waals surface area contributed by atoms with Crippen molar-refractivity contribution in [3.63, 3.8) is 0 Å². The molecule has 1 aliphatic heterocycles. The van der Waals surface area contributed by atoms with Gasteiger partial charge in [0.1, 0.15) is 29.7 Å². The minimum atomic E-state index is -4.63. The lowest BCUT2D eigenvalue weighted by Gasteiger charge is -2.37.